The maximum atomic E-state index is 12.1. The molecule has 1 heterocycles. The second kappa shape index (κ2) is 7.73. The molecule has 0 radical (unpaired) electrons. The first kappa shape index (κ1) is 17.0. The molecule has 1 atom stereocenters. The van der Waals surface area contributed by atoms with Crippen LogP contribution in [0.5, 0.6) is 0 Å². The Morgan fingerprint density at radius 3 is 2.61 bits per heavy atom. The van der Waals surface area contributed by atoms with Crippen molar-refractivity contribution in [1.82, 2.24) is 4.90 Å². The molecule has 0 saturated carbocycles. The van der Waals surface area contributed by atoms with E-state index in [2.05, 4.69) is 10.6 Å². The Kier molecular flexibility index (Phi) is 5.70. The fourth-order valence-corrected chi connectivity index (χ4v) is 2.68. The van der Waals surface area contributed by atoms with Gasteiger partial charge in [0.1, 0.15) is 0 Å². The molecule has 1 unspecified atom stereocenters. The second-order valence-electron chi connectivity index (χ2n) is 5.72. The second-order valence-corrected chi connectivity index (χ2v) is 5.72. The van der Waals surface area contributed by atoms with Gasteiger partial charge in [-0.15, -0.1) is 0 Å². The van der Waals surface area contributed by atoms with Crippen LogP contribution < -0.4 is 10.6 Å². The Morgan fingerprint density at radius 2 is 1.96 bits per heavy atom. The predicted octanol–water partition coefficient (Wildman–Crippen LogP) is 1.38. The van der Waals surface area contributed by atoms with Crippen molar-refractivity contribution in [1.29, 1.82) is 0 Å². The molecule has 2 amide bonds. The van der Waals surface area contributed by atoms with Crippen LogP contribution in [0.15, 0.2) is 24.3 Å². The molecule has 1 aliphatic rings. The van der Waals surface area contributed by atoms with E-state index in [9.17, 15) is 14.4 Å². The van der Waals surface area contributed by atoms with E-state index < -0.39 is 11.9 Å². The third kappa shape index (κ3) is 5.37. The molecule has 0 aromatic heterocycles. The lowest BCUT2D eigenvalue weighted by Crippen LogP contribution is -2.42. The Morgan fingerprint density at radius 1 is 1.26 bits per heavy atom. The highest BCUT2D eigenvalue weighted by atomic mass is 16.4. The molecule has 0 spiro atoms. The number of nitrogens with one attached hydrogen (secondary N) is 2. The summed E-state index contributed by atoms with van der Waals surface area (Å²) in [6.45, 7) is 2.70. The van der Waals surface area contributed by atoms with Crippen LogP contribution in [0.3, 0.4) is 0 Å². The molecule has 1 aromatic carbocycles. The van der Waals surface area contributed by atoms with Crippen molar-refractivity contribution >= 4 is 29.2 Å². The maximum absolute atomic E-state index is 12.1. The molecule has 23 heavy (non-hydrogen) atoms. The van der Waals surface area contributed by atoms with Gasteiger partial charge in [-0.3, -0.25) is 19.3 Å². The number of hydrogen-bond donors (Lipinski definition) is 3. The first-order valence-electron chi connectivity index (χ1n) is 7.56. The maximum Gasteiger partial charge on any atom is 0.307 e. The molecule has 0 bridgehead atoms. The smallest absolute Gasteiger partial charge is 0.307 e. The molecule has 124 valence electrons. The number of anilines is 2. The van der Waals surface area contributed by atoms with Gasteiger partial charge in [0.15, 0.2) is 0 Å². The number of hydrogen-bond acceptors (Lipinski definition) is 4. The zero-order chi connectivity index (χ0) is 16.8. The summed E-state index contributed by atoms with van der Waals surface area (Å²) in [4.78, 5) is 36.0. The molecule has 7 nitrogen and oxygen atoms in total. The van der Waals surface area contributed by atoms with Crippen LogP contribution in [0.4, 0.5) is 11.4 Å². The van der Waals surface area contributed by atoms with E-state index in [0.29, 0.717) is 24.3 Å². The quantitative estimate of drug-likeness (QED) is 0.761. The summed E-state index contributed by atoms with van der Waals surface area (Å²) in [6.07, 6.45) is 1.44. The summed E-state index contributed by atoms with van der Waals surface area (Å²) < 4.78 is 0. The molecule has 1 saturated heterocycles. The largest absolute Gasteiger partial charge is 0.481 e. The van der Waals surface area contributed by atoms with Crippen LogP contribution in [-0.2, 0) is 14.4 Å². The first-order chi connectivity index (χ1) is 10.9. The highest BCUT2D eigenvalue weighted by Gasteiger charge is 2.26. The highest BCUT2D eigenvalue weighted by molar-refractivity contribution is 5.94. The van der Waals surface area contributed by atoms with Crippen LogP contribution in [0.1, 0.15) is 19.8 Å². The van der Waals surface area contributed by atoms with Crippen LogP contribution in [0.25, 0.3) is 0 Å². The number of carboxylic acids is 1. The molecule has 1 fully saturated rings. The minimum Gasteiger partial charge on any atom is -0.481 e. The molecule has 2 rings (SSSR count). The average Bonchev–Trinajstić information content (AvgIpc) is 2.47. The summed E-state index contributed by atoms with van der Waals surface area (Å²) in [5.41, 5.74) is 1.20. The van der Waals surface area contributed by atoms with Gasteiger partial charge in [0.25, 0.3) is 0 Å². The van der Waals surface area contributed by atoms with Crippen molar-refractivity contribution in [2.24, 2.45) is 5.92 Å². The lowest BCUT2D eigenvalue weighted by Gasteiger charge is -2.29. The van der Waals surface area contributed by atoms with Gasteiger partial charge in [0.2, 0.25) is 11.8 Å². The van der Waals surface area contributed by atoms with Crippen LogP contribution in [-0.4, -0.2) is 47.4 Å². The number of piperidine rings is 1. The fourth-order valence-electron chi connectivity index (χ4n) is 2.68. The Labute approximate surface area is 134 Å². The van der Waals surface area contributed by atoms with Crippen molar-refractivity contribution in [3.8, 4) is 0 Å². The molecule has 7 heteroatoms. The third-order valence-electron chi connectivity index (χ3n) is 3.69. The zero-order valence-corrected chi connectivity index (χ0v) is 13.0. The standard InChI is InChI=1S/C16H21N3O4/c1-11(20)17-13-5-2-6-14(8-13)18-15(21)10-19-7-3-4-12(9-19)16(22)23/h2,5-6,8,12H,3-4,7,9-10H2,1H3,(H,17,20)(H,18,21)(H,22,23). The van der Waals surface area contributed by atoms with E-state index >= 15 is 0 Å². The van der Waals surface area contributed by atoms with Crippen molar-refractivity contribution in [2.75, 3.05) is 30.3 Å². The summed E-state index contributed by atoms with van der Waals surface area (Å²) in [5.74, 6) is -1.59. The van der Waals surface area contributed by atoms with E-state index in [4.69, 9.17) is 5.11 Å². The fraction of sp³-hybridized carbons (Fsp3) is 0.438. The van der Waals surface area contributed by atoms with Gasteiger partial charge in [0, 0.05) is 24.8 Å². The van der Waals surface area contributed by atoms with E-state index in [-0.39, 0.29) is 18.4 Å². The van der Waals surface area contributed by atoms with Crippen LogP contribution in [0.2, 0.25) is 0 Å². The predicted molar refractivity (Wildman–Crippen MR) is 86.2 cm³/mol. The third-order valence-corrected chi connectivity index (χ3v) is 3.69. The van der Waals surface area contributed by atoms with Gasteiger partial charge in [-0.2, -0.15) is 0 Å². The molecular formula is C16H21N3O4. The van der Waals surface area contributed by atoms with Gasteiger partial charge >= 0.3 is 5.97 Å². The van der Waals surface area contributed by atoms with Crippen molar-refractivity contribution in [3.05, 3.63) is 24.3 Å². The lowest BCUT2D eigenvalue weighted by molar-refractivity contribution is -0.144. The van der Waals surface area contributed by atoms with Crippen LogP contribution >= 0.6 is 0 Å². The number of amides is 2. The van der Waals surface area contributed by atoms with Crippen molar-refractivity contribution < 1.29 is 19.5 Å². The Bertz CT molecular complexity index is 603. The summed E-state index contributed by atoms with van der Waals surface area (Å²) in [5, 5.41) is 14.5. The van der Waals surface area contributed by atoms with Gasteiger partial charge in [-0.25, -0.2) is 0 Å². The van der Waals surface area contributed by atoms with Gasteiger partial charge in [0.05, 0.1) is 12.5 Å². The van der Waals surface area contributed by atoms with Crippen molar-refractivity contribution in [3.63, 3.8) is 0 Å². The Balaban J connectivity index is 1.89. The number of benzene rings is 1. The first-order valence-corrected chi connectivity index (χ1v) is 7.56. The summed E-state index contributed by atoms with van der Waals surface area (Å²) in [6, 6.07) is 6.89. The minimum absolute atomic E-state index is 0.161. The molecule has 1 aliphatic heterocycles. The SMILES string of the molecule is CC(=O)Nc1cccc(NC(=O)CN2CCCC(C(=O)O)C2)c1. The molecule has 3 N–H and O–H groups in total. The summed E-state index contributed by atoms with van der Waals surface area (Å²) in [7, 11) is 0. The highest BCUT2D eigenvalue weighted by Crippen LogP contribution is 2.17. The topological polar surface area (TPSA) is 98.7 Å². The normalized spacial score (nSPS) is 18.2. The van der Waals surface area contributed by atoms with Gasteiger partial charge in [-0.1, -0.05) is 6.07 Å². The van der Waals surface area contributed by atoms with Gasteiger partial charge in [-0.05, 0) is 37.6 Å². The van der Waals surface area contributed by atoms with Gasteiger partial charge < -0.3 is 15.7 Å². The zero-order valence-electron chi connectivity index (χ0n) is 13.0. The molecular weight excluding hydrogens is 298 g/mol. The van der Waals surface area contributed by atoms with E-state index in [1.165, 1.54) is 6.92 Å². The molecule has 0 aliphatic carbocycles. The number of rotatable bonds is 5. The monoisotopic (exact) mass is 319 g/mol. The lowest BCUT2D eigenvalue weighted by atomic mass is 9.98. The van der Waals surface area contributed by atoms with E-state index in [0.717, 1.165) is 13.0 Å². The number of nitrogens with zero attached hydrogens (tertiary/aromatic N) is 1. The minimum atomic E-state index is -0.807. The average molecular weight is 319 g/mol. The van der Waals surface area contributed by atoms with E-state index in [1.807, 2.05) is 4.90 Å². The number of likely N-dealkylation sites (tertiary alicyclic amines) is 1. The Hall–Kier alpha value is -2.41. The molecule has 1 aromatic rings. The van der Waals surface area contributed by atoms with Crippen molar-refractivity contribution in [2.45, 2.75) is 19.8 Å². The number of aliphatic carboxylic acids is 1. The number of carboxylic acid groups (broad SMARTS) is 1. The number of carbonyl (C=O) groups excluding carboxylic acids is 2. The summed E-state index contributed by atoms with van der Waals surface area (Å²) >= 11 is 0. The van der Waals surface area contributed by atoms with E-state index in [1.54, 1.807) is 24.3 Å². The van der Waals surface area contributed by atoms with Crippen LogP contribution in [0, 0.1) is 5.92 Å². The number of carbonyl (C=O) groups is 3.